The number of rotatable bonds is 3. The molecule has 0 N–H and O–H groups in total. The highest BCUT2D eigenvalue weighted by Crippen LogP contribution is 2.07. The van der Waals surface area contributed by atoms with Gasteiger partial charge in [-0.25, -0.2) is 0 Å². The maximum Gasteiger partial charge on any atom is 0.302 e. The predicted molar refractivity (Wildman–Crippen MR) is 96.8 cm³/mol. The topological polar surface area (TPSA) is 26.3 Å². The fraction of sp³-hybridized carbons (Fsp3) is 0.250. The van der Waals surface area contributed by atoms with Crippen molar-refractivity contribution in [2.75, 3.05) is 7.11 Å². The van der Waals surface area contributed by atoms with Gasteiger partial charge in [0.15, 0.2) is 0 Å². The van der Waals surface area contributed by atoms with Crippen molar-refractivity contribution in [1.82, 2.24) is 0 Å². The van der Waals surface area contributed by atoms with Crippen LogP contribution in [0.4, 0.5) is 0 Å². The molecule has 0 fully saturated rings. The number of benzene rings is 1. The summed E-state index contributed by atoms with van der Waals surface area (Å²) in [7, 11) is 1.35. The third kappa shape index (κ3) is 15.7. The third-order valence-corrected chi connectivity index (χ3v) is 2.44. The van der Waals surface area contributed by atoms with Gasteiger partial charge in [-0.05, 0) is 26.3 Å². The lowest BCUT2D eigenvalue weighted by Gasteiger charge is -1.96. The Morgan fingerprint density at radius 1 is 1.18 bits per heavy atom. The molecule has 2 heteroatoms. The van der Waals surface area contributed by atoms with E-state index in [1.807, 2.05) is 50.3 Å². The maximum absolute atomic E-state index is 9.59. The molecule has 0 atom stereocenters. The summed E-state index contributed by atoms with van der Waals surface area (Å²) in [5.74, 6) is -0.245. The van der Waals surface area contributed by atoms with Crippen LogP contribution in [-0.4, -0.2) is 13.1 Å². The van der Waals surface area contributed by atoms with Gasteiger partial charge < -0.3 is 4.74 Å². The number of ether oxygens (including phenoxy) is 1. The third-order valence-electron chi connectivity index (χ3n) is 2.44. The molecule has 0 radical (unpaired) electrons. The van der Waals surface area contributed by atoms with E-state index in [2.05, 4.69) is 37.0 Å². The highest BCUT2D eigenvalue weighted by molar-refractivity contribution is 5.65. The first kappa shape index (κ1) is 21.9. The van der Waals surface area contributed by atoms with Crippen LogP contribution in [0, 0.1) is 6.92 Å². The van der Waals surface area contributed by atoms with Gasteiger partial charge in [0.1, 0.15) is 0 Å². The zero-order valence-corrected chi connectivity index (χ0v) is 14.4. The van der Waals surface area contributed by atoms with Gasteiger partial charge in [-0.3, -0.25) is 4.79 Å². The number of carbonyl (C=O) groups is 1. The summed E-state index contributed by atoms with van der Waals surface area (Å²) < 4.78 is 4.11. The Morgan fingerprint density at radius 2 is 1.68 bits per heavy atom. The number of allylic oxidation sites excluding steroid dienone is 6. The van der Waals surface area contributed by atoms with Gasteiger partial charge in [-0.15, -0.1) is 0 Å². The van der Waals surface area contributed by atoms with Crippen molar-refractivity contribution in [3.63, 3.8) is 0 Å². The fourth-order valence-electron chi connectivity index (χ4n) is 1.19. The van der Waals surface area contributed by atoms with Crippen molar-refractivity contribution in [2.45, 2.75) is 27.7 Å². The molecule has 1 aromatic carbocycles. The van der Waals surface area contributed by atoms with Crippen LogP contribution in [0.15, 0.2) is 78.9 Å². The van der Waals surface area contributed by atoms with E-state index in [1.165, 1.54) is 25.2 Å². The second-order valence-corrected chi connectivity index (χ2v) is 4.47. The Labute approximate surface area is 135 Å². The average molecular weight is 300 g/mol. The van der Waals surface area contributed by atoms with Crippen molar-refractivity contribution in [3.8, 4) is 0 Å². The first-order chi connectivity index (χ1) is 10.4. The fourth-order valence-corrected chi connectivity index (χ4v) is 1.19. The van der Waals surface area contributed by atoms with Gasteiger partial charge in [0, 0.05) is 6.92 Å². The second kappa shape index (κ2) is 15.0. The molecule has 0 heterocycles. The Bertz CT molecular complexity index is 494. The van der Waals surface area contributed by atoms with E-state index in [-0.39, 0.29) is 5.97 Å². The number of hydrogen-bond acceptors (Lipinski definition) is 2. The minimum Gasteiger partial charge on any atom is -0.469 e. The lowest BCUT2D eigenvalue weighted by molar-refractivity contribution is -0.137. The highest BCUT2D eigenvalue weighted by Gasteiger charge is 1.87. The van der Waals surface area contributed by atoms with Gasteiger partial charge in [0.05, 0.1) is 7.11 Å². The van der Waals surface area contributed by atoms with Crippen molar-refractivity contribution in [1.29, 1.82) is 0 Å². The molecule has 0 spiro atoms. The molecule has 0 bridgehead atoms. The molecule has 0 saturated heterocycles. The van der Waals surface area contributed by atoms with Gasteiger partial charge in [0.25, 0.3) is 0 Å². The monoisotopic (exact) mass is 300 g/mol. The summed E-state index contributed by atoms with van der Waals surface area (Å²) in [5.41, 5.74) is 3.57. The number of hydrogen-bond donors (Lipinski definition) is 0. The predicted octanol–water partition coefficient (Wildman–Crippen LogP) is 5.43. The largest absolute Gasteiger partial charge is 0.469 e. The normalized spacial score (nSPS) is 9.77. The number of carbonyl (C=O) groups excluding carboxylic acids is 1. The summed E-state index contributed by atoms with van der Waals surface area (Å²) in [4.78, 5) is 9.59. The van der Waals surface area contributed by atoms with E-state index in [1.54, 1.807) is 6.08 Å². The zero-order valence-electron chi connectivity index (χ0n) is 14.4. The molecule has 22 heavy (non-hydrogen) atoms. The van der Waals surface area contributed by atoms with Gasteiger partial charge in [-0.2, -0.15) is 0 Å². The molecule has 0 saturated carbocycles. The first-order valence-corrected chi connectivity index (χ1v) is 7.06. The molecular weight excluding hydrogens is 272 g/mol. The smallest absolute Gasteiger partial charge is 0.302 e. The summed E-state index contributed by atoms with van der Waals surface area (Å²) in [5, 5.41) is 0. The SMILES string of the molecule is C=C/C=C\C(=C/C)C(=C)C.COC(C)=O.Cc1ccccc1. The quantitative estimate of drug-likeness (QED) is 0.550. The molecule has 1 rings (SSSR count). The number of esters is 1. The number of methoxy groups -OCH3 is 1. The van der Waals surface area contributed by atoms with E-state index < -0.39 is 0 Å². The van der Waals surface area contributed by atoms with Crippen LogP contribution >= 0.6 is 0 Å². The van der Waals surface area contributed by atoms with Crippen molar-refractivity contribution in [3.05, 3.63) is 84.5 Å². The standard InChI is InChI=1S/C10H14.C7H8.C3H6O2/c1-5-7-8-10(6-2)9(3)4;1-7-5-3-2-4-6-7;1-3(4)5-2/h5-8H,1,3H2,2,4H3;2-6H,1H3;1-2H3/b8-7-,10-6+;;. The molecule has 0 amide bonds. The van der Waals surface area contributed by atoms with Crippen molar-refractivity contribution < 1.29 is 9.53 Å². The molecule has 0 aliphatic heterocycles. The van der Waals surface area contributed by atoms with E-state index in [0.29, 0.717) is 0 Å². The molecule has 1 aromatic rings. The highest BCUT2D eigenvalue weighted by atomic mass is 16.5. The van der Waals surface area contributed by atoms with Crippen LogP contribution in [0.25, 0.3) is 0 Å². The van der Waals surface area contributed by atoms with Gasteiger partial charge >= 0.3 is 5.97 Å². The summed E-state index contributed by atoms with van der Waals surface area (Å²) in [6, 6.07) is 10.3. The molecule has 0 aliphatic carbocycles. The average Bonchev–Trinajstić information content (AvgIpc) is 2.49. The molecular formula is C20H28O2. The molecule has 0 unspecified atom stereocenters. The van der Waals surface area contributed by atoms with Crippen LogP contribution in [0.3, 0.4) is 0 Å². The maximum atomic E-state index is 9.59. The van der Waals surface area contributed by atoms with Crippen LogP contribution in [0.1, 0.15) is 26.3 Å². The van der Waals surface area contributed by atoms with Crippen LogP contribution in [0.2, 0.25) is 0 Å². The molecule has 0 aromatic heterocycles. The van der Waals surface area contributed by atoms with E-state index in [4.69, 9.17) is 0 Å². The molecule has 2 nitrogen and oxygen atoms in total. The van der Waals surface area contributed by atoms with Crippen LogP contribution in [-0.2, 0) is 9.53 Å². The lowest BCUT2D eigenvalue weighted by atomic mass is 10.1. The van der Waals surface area contributed by atoms with Crippen LogP contribution < -0.4 is 0 Å². The van der Waals surface area contributed by atoms with Crippen LogP contribution in [0.5, 0.6) is 0 Å². The molecule has 120 valence electrons. The Morgan fingerprint density at radius 3 is 1.91 bits per heavy atom. The Balaban J connectivity index is 0. The van der Waals surface area contributed by atoms with Crippen molar-refractivity contribution in [2.24, 2.45) is 0 Å². The van der Waals surface area contributed by atoms with Gasteiger partial charge in [0.2, 0.25) is 0 Å². The molecule has 0 aliphatic rings. The minimum absolute atomic E-state index is 0.245. The second-order valence-electron chi connectivity index (χ2n) is 4.47. The van der Waals surface area contributed by atoms with Crippen molar-refractivity contribution >= 4 is 5.97 Å². The zero-order chi connectivity index (χ0) is 17.4. The van der Waals surface area contributed by atoms with E-state index in [9.17, 15) is 4.79 Å². The van der Waals surface area contributed by atoms with E-state index >= 15 is 0 Å². The minimum atomic E-state index is -0.245. The first-order valence-electron chi connectivity index (χ1n) is 7.06. The van der Waals surface area contributed by atoms with Gasteiger partial charge in [-0.1, -0.05) is 78.9 Å². The lowest BCUT2D eigenvalue weighted by Crippen LogP contribution is -1.88. The number of aryl methyl sites for hydroxylation is 1. The van der Waals surface area contributed by atoms with E-state index in [0.717, 1.165) is 5.57 Å². The summed E-state index contributed by atoms with van der Waals surface area (Å²) in [6.45, 7) is 14.8. The Hall–Kier alpha value is -2.35. The summed E-state index contributed by atoms with van der Waals surface area (Å²) >= 11 is 0. The summed E-state index contributed by atoms with van der Waals surface area (Å²) in [6.07, 6.45) is 7.69. The Kier molecular flexibility index (Phi) is 15.0.